The van der Waals surface area contributed by atoms with Gasteiger partial charge in [-0.15, -0.1) is 0 Å². The van der Waals surface area contributed by atoms with Crippen LogP contribution < -0.4 is 5.32 Å². The van der Waals surface area contributed by atoms with Crippen LogP contribution in [0.15, 0.2) is 18.2 Å². The number of aryl methyl sites for hydroxylation is 2. The van der Waals surface area contributed by atoms with E-state index in [0.29, 0.717) is 12.0 Å². The minimum atomic E-state index is -0.379. The van der Waals surface area contributed by atoms with Gasteiger partial charge in [0.2, 0.25) is 5.91 Å². The van der Waals surface area contributed by atoms with Crippen molar-refractivity contribution in [2.24, 2.45) is 5.92 Å². The fraction of sp³-hybridized carbons (Fsp3) is 0.667. The molecule has 5 heteroatoms. The number of carbonyl (C=O) groups excluding carboxylic acids is 2. The molecule has 1 aromatic carbocycles. The molecule has 3 aliphatic carbocycles. The SMILES string of the molecule is CC(C)OC(=O)N[C@H]1C[C@@H](C(=O)N(C)[C@H]2C[C@@H](c3ccc4c(c3)CCCC4)C2)C1. The molecule has 1 N–H and O–H groups in total. The number of benzene rings is 1. The lowest BCUT2D eigenvalue weighted by Gasteiger charge is -2.45. The van der Waals surface area contributed by atoms with E-state index in [4.69, 9.17) is 4.74 Å². The third kappa shape index (κ3) is 4.44. The second-order valence-corrected chi connectivity index (χ2v) is 9.47. The van der Waals surface area contributed by atoms with Gasteiger partial charge in [0.1, 0.15) is 0 Å². The highest BCUT2D eigenvalue weighted by molar-refractivity contribution is 5.80. The maximum absolute atomic E-state index is 12.8. The standard InChI is InChI=1S/C24H34N2O3/c1-15(2)29-24(28)25-21-11-20(12-21)23(27)26(3)22-13-19(14-22)18-9-8-16-6-4-5-7-17(16)10-18/h8-10,15,19-22H,4-7,11-14H2,1-3H3,(H,25,28)/t19-,20-,21+,22+. The molecule has 0 spiro atoms. The number of nitrogens with one attached hydrogen (secondary N) is 1. The predicted molar refractivity (Wildman–Crippen MR) is 113 cm³/mol. The quantitative estimate of drug-likeness (QED) is 0.809. The van der Waals surface area contributed by atoms with Crippen molar-refractivity contribution in [1.29, 1.82) is 0 Å². The average molecular weight is 399 g/mol. The van der Waals surface area contributed by atoms with Gasteiger partial charge in [0.25, 0.3) is 0 Å². The molecule has 3 aliphatic rings. The maximum Gasteiger partial charge on any atom is 0.407 e. The highest BCUT2D eigenvalue weighted by Crippen LogP contribution is 2.42. The van der Waals surface area contributed by atoms with Crippen LogP contribution in [0, 0.1) is 5.92 Å². The van der Waals surface area contributed by atoms with Gasteiger partial charge in [-0.25, -0.2) is 4.79 Å². The van der Waals surface area contributed by atoms with Gasteiger partial charge >= 0.3 is 6.09 Å². The van der Waals surface area contributed by atoms with E-state index in [-0.39, 0.29) is 30.1 Å². The summed E-state index contributed by atoms with van der Waals surface area (Å²) in [6.07, 6.45) is 8.15. The Bertz CT molecular complexity index is 763. The van der Waals surface area contributed by atoms with Crippen LogP contribution in [0.4, 0.5) is 4.79 Å². The fourth-order valence-corrected chi connectivity index (χ4v) is 5.00. The summed E-state index contributed by atoms with van der Waals surface area (Å²) < 4.78 is 5.11. The van der Waals surface area contributed by atoms with Gasteiger partial charge < -0.3 is 15.0 Å². The molecule has 0 heterocycles. The number of fused-ring (bicyclic) bond motifs is 1. The minimum Gasteiger partial charge on any atom is -0.447 e. The number of hydrogen-bond donors (Lipinski definition) is 1. The molecule has 0 aliphatic heterocycles. The van der Waals surface area contributed by atoms with Gasteiger partial charge in [0.15, 0.2) is 0 Å². The van der Waals surface area contributed by atoms with Crippen molar-refractivity contribution >= 4 is 12.0 Å². The van der Waals surface area contributed by atoms with Crippen molar-refractivity contribution in [2.75, 3.05) is 7.05 Å². The van der Waals surface area contributed by atoms with Gasteiger partial charge in [0.05, 0.1) is 6.10 Å². The predicted octanol–water partition coefficient (Wildman–Crippen LogP) is 4.18. The summed E-state index contributed by atoms with van der Waals surface area (Å²) in [7, 11) is 1.95. The molecule has 2 saturated carbocycles. The van der Waals surface area contributed by atoms with Crippen molar-refractivity contribution in [3.8, 4) is 0 Å². The number of ether oxygens (including phenoxy) is 1. The normalized spacial score (nSPS) is 28.0. The van der Waals surface area contributed by atoms with Crippen LogP contribution in [0.5, 0.6) is 0 Å². The monoisotopic (exact) mass is 398 g/mol. The van der Waals surface area contributed by atoms with Crippen LogP contribution in [0.1, 0.15) is 75.0 Å². The zero-order valence-electron chi connectivity index (χ0n) is 17.9. The first-order valence-electron chi connectivity index (χ1n) is 11.3. The summed E-state index contributed by atoms with van der Waals surface area (Å²) in [4.78, 5) is 26.4. The zero-order valence-corrected chi connectivity index (χ0v) is 17.9. The van der Waals surface area contributed by atoms with Crippen LogP contribution in [0.3, 0.4) is 0 Å². The van der Waals surface area contributed by atoms with Crippen molar-refractivity contribution in [3.63, 3.8) is 0 Å². The van der Waals surface area contributed by atoms with Gasteiger partial charge in [0, 0.05) is 25.0 Å². The molecule has 1 aromatic rings. The lowest BCUT2D eigenvalue weighted by atomic mass is 9.73. The fourth-order valence-electron chi connectivity index (χ4n) is 5.00. The molecule has 0 atom stereocenters. The Morgan fingerprint density at radius 3 is 2.45 bits per heavy atom. The van der Waals surface area contributed by atoms with Crippen LogP contribution in [0.2, 0.25) is 0 Å². The van der Waals surface area contributed by atoms with E-state index in [9.17, 15) is 9.59 Å². The second kappa shape index (κ2) is 8.37. The summed E-state index contributed by atoms with van der Waals surface area (Å²) in [6.45, 7) is 3.66. The number of amides is 2. The van der Waals surface area contributed by atoms with E-state index < -0.39 is 0 Å². The van der Waals surface area contributed by atoms with Crippen molar-refractivity contribution in [3.05, 3.63) is 34.9 Å². The Kier molecular flexibility index (Phi) is 5.84. The number of nitrogens with zero attached hydrogens (tertiary/aromatic N) is 1. The van der Waals surface area contributed by atoms with Crippen LogP contribution >= 0.6 is 0 Å². The number of alkyl carbamates (subject to hydrolysis) is 1. The molecule has 2 amide bonds. The van der Waals surface area contributed by atoms with Gasteiger partial charge in [-0.3, -0.25) is 4.79 Å². The van der Waals surface area contributed by atoms with Gasteiger partial charge in [-0.2, -0.15) is 0 Å². The summed E-state index contributed by atoms with van der Waals surface area (Å²) in [5.41, 5.74) is 4.54. The number of carbonyl (C=O) groups is 2. The summed E-state index contributed by atoms with van der Waals surface area (Å²) >= 11 is 0. The lowest BCUT2D eigenvalue weighted by Crippen LogP contribution is -2.53. The molecular weight excluding hydrogens is 364 g/mol. The lowest BCUT2D eigenvalue weighted by molar-refractivity contribution is -0.141. The molecule has 5 nitrogen and oxygen atoms in total. The molecule has 2 fully saturated rings. The third-order valence-corrected chi connectivity index (χ3v) is 7.00. The summed E-state index contributed by atoms with van der Waals surface area (Å²) in [6, 6.07) is 7.48. The molecular formula is C24H34N2O3. The van der Waals surface area contributed by atoms with Gasteiger partial charge in [-0.1, -0.05) is 18.2 Å². The second-order valence-electron chi connectivity index (χ2n) is 9.47. The van der Waals surface area contributed by atoms with E-state index in [1.807, 2.05) is 25.8 Å². The zero-order chi connectivity index (χ0) is 20.5. The molecule has 4 rings (SSSR count). The van der Waals surface area contributed by atoms with Crippen molar-refractivity contribution in [1.82, 2.24) is 10.2 Å². The first kappa shape index (κ1) is 20.2. The van der Waals surface area contributed by atoms with Crippen molar-refractivity contribution in [2.45, 2.75) is 89.3 Å². The molecule has 0 unspecified atom stereocenters. The highest BCUT2D eigenvalue weighted by atomic mass is 16.6. The molecule has 0 aromatic heterocycles. The van der Waals surface area contributed by atoms with E-state index in [0.717, 1.165) is 25.7 Å². The molecule has 0 saturated heterocycles. The Morgan fingerprint density at radius 2 is 1.76 bits per heavy atom. The van der Waals surface area contributed by atoms with Crippen LogP contribution in [-0.2, 0) is 22.4 Å². The van der Waals surface area contributed by atoms with E-state index in [1.165, 1.54) is 36.8 Å². The van der Waals surface area contributed by atoms with Crippen LogP contribution in [0.25, 0.3) is 0 Å². The number of rotatable bonds is 5. The Balaban J connectivity index is 1.22. The Hall–Kier alpha value is -2.04. The molecule has 29 heavy (non-hydrogen) atoms. The first-order chi connectivity index (χ1) is 13.9. The Morgan fingerprint density at radius 1 is 1.07 bits per heavy atom. The average Bonchev–Trinajstić information content (AvgIpc) is 2.61. The first-order valence-corrected chi connectivity index (χ1v) is 11.3. The summed E-state index contributed by atoms with van der Waals surface area (Å²) in [5, 5.41) is 2.85. The largest absolute Gasteiger partial charge is 0.447 e. The topological polar surface area (TPSA) is 58.6 Å². The molecule has 0 radical (unpaired) electrons. The maximum atomic E-state index is 12.8. The minimum absolute atomic E-state index is 0.0344. The number of hydrogen-bond acceptors (Lipinski definition) is 3. The molecule has 158 valence electrons. The smallest absolute Gasteiger partial charge is 0.407 e. The van der Waals surface area contributed by atoms with E-state index in [1.54, 1.807) is 5.56 Å². The Labute approximate surface area is 174 Å². The van der Waals surface area contributed by atoms with E-state index >= 15 is 0 Å². The third-order valence-electron chi connectivity index (χ3n) is 7.00. The summed E-state index contributed by atoms with van der Waals surface area (Å²) in [5.74, 6) is 0.852. The highest BCUT2D eigenvalue weighted by Gasteiger charge is 2.41. The van der Waals surface area contributed by atoms with Gasteiger partial charge in [-0.05, 0) is 87.8 Å². The van der Waals surface area contributed by atoms with Crippen molar-refractivity contribution < 1.29 is 14.3 Å². The molecule has 0 bridgehead atoms. The van der Waals surface area contributed by atoms with E-state index in [2.05, 4.69) is 23.5 Å². The van der Waals surface area contributed by atoms with Crippen LogP contribution in [-0.4, -0.2) is 42.1 Å².